The summed E-state index contributed by atoms with van der Waals surface area (Å²) in [7, 11) is 0. The molecule has 0 spiro atoms. The Morgan fingerprint density at radius 2 is 2.21 bits per heavy atom. The van der Waals surface area contributed by atoms with Crippen molar-refractivity contribution >= 4 is 33.9 Å². The summed E-state index contributed by atoms with van der Waals surface area (Å²) in [4.78, 5) is 18.9. The molecule has 1 aliphatic rings. The monoisotopic (exact) mass is 412 g/mol. The maximum Gasteiger partial charge on any atom is 0.259 e. The summed E-state index contributed by atoms with van der Waals surface area (Å²) in [6.45, 7) is 3.69. The lowest BCUT2D eigenvalue weighted by Crippen LogP contribution is -2.42. The third kappa shape index (κ3) is 4.68. The number of halogens is 1. The second kappa shape index (κ2) is 8.52. The molecular weight excluding hydrogens is 391 g/mol. The second-order valence-electron chi connectivity index (χ2n) is 6.99. The highest BCUT2D eigenvalue weighted by atomic mass is 32.1. The Bertz CT molecular complexity index is 979. The Hall–Kier alpha value is -3.07. The van der Waals surface area contributed by atoms with Gasteiger partial charge in [0.15, 0.2) is 0 Å². The number of hydrogen-bond acceptors (Lipinski definition) is 7. The zero-order valence-corrected chi connectivity index (χ0v) is 16.7. The molecule has 0 bridgehead atoms. The fraction of sp³-hybridized carbons (Fsp3) is 0.300. The minimum atomic E-state index is -0.267. The highest BCUT2D eigenvalue weighted by molar-refractivity contribution is 7.13. The quantitative estimate of drug-likeness (QED) is 0.665. The van der Waals surface area contributed by atoms with E-state index in [1.807, 2.05) is 13.0 Å². The first-order chi connectivity index (χ1) is 14.1. The number of carbonyl (C=O) groups is 1. The van der Waals surface area contributed by atoms with Crippen molar-refractivity contribution in [2.45, 2.75) is 25.8 Å². The molecule has 29 heavy (non-hydrogen) atoms. The third-order valence-electron chi connectivity index (χ3n) is 4.88. The van der Waals surface area contributed by atoms with Crippen molar-refractivity contribution < 1.29 is 9.18 Å². The van der Waals surface area contributed by atoms with Gasteiger partial charge in [-0.25, -0.2) is 9.37 Å². The zero-order valence-electron chi connectivity index (χ0n) is 15.9. The number of carbonyl (C=O) groups excluding carboxylic acids is 1. The largest absolute Gasteiger partial charge is 0.369 e. The zero-order chi connectivity index (χ0) is 20.2. The third-order valence-corrected chi connectivity index (χ3v) is 5.49. The molecule has 0 radical (unpaired) electrons. The van der Waals surface area contributed by atoms with E-state index in [1.165, 1.54) is 17.4 Å². The first kappa shape index (κ1) is 19.3. The number of pyridine rings is 1. The summed E-state index contributed by atoms with van der Waals surface area (Å²) in [6.07, 6.45) is 3.61. The Balaban J connectivity index is 1.38. The van der Waals surface area contributed by atoms with Crippen LogP contribution in [0.5, 0.6) is 0 Å². The molecule has 1 saturated heterocycles. The van der Waals surface area contributed by atoms with Gasteiger partial charge >= 0.3 is 0 Å². The topological polar surface area (TPSA) is 83.0 Å². The van der Waals surface area contributed by atoms with Crippen LogP contribution in [0.2, 0.25) is 0 Å². The van der Waals surface area contributed by atoms with E-state index in [4.69, 9.17) is 0 Å². The summed E-state index contributed by atoms with van der Waals surface area (Å²) < 4.78 is 13.4. The van der Waals surface area contributed by atoms with E-state index in [1.54, 1.807) is 29.9 Å². The lowest BCUT2D eigenvalue weighted by Gasteiger charge is -2.35. The molecule has 9 heteroatoms. The second-order valence-corrected chi connectivity index (χ2v) is 7.82. The smallest absolute Gasteiger partial charge is 0.259 e. The van der Waals surface area contributed by atoms with Crippen molar-refractivity contribution in [1.29, 1.82) is 0 Å². The van der Waals surface area contributed by atoms with Gasteiger partial charge in [-0.05, 0) is 55.7 Å². The molecular formula is C20H21FN6OS. The van der Waals surface area contributed by atoms with Crippen LogP contribution in [0.25, 0.3) is 0 Å². The number of piperidine rings is 1. The average molecular weight is 412 g/mol. The number of nitrogens with zero attached hydrogens (tertiary/aromatic N) is 4. The van der Waals surface area contributed by atoms with Gasteiger partial charge in [0.05, 0.1) is 5.56 Å². The molecule has 7 nitrogen and oxygen atoms in total. The molecule has 1 atom stereocenters. The van der Waals surface area contributed by atoms with Crippen LogP contribution in [-0.2, 0) is 0 Å². The number of benzene rings is 1. The van der Waals surface area contributed by atoms with Crippen molar-refractivity contribution in [3.8, 4) is 0 Å². The number of rotatable bonds is 5. The predicted molar refractivity (Wildman–Crippen MR) is 112 cm³/mol. The summed E-state index contributed by atoms with van der Waals surface area (Å²) >= 11 is 1.26. The van der Waals surface area contributed by atoms with E-state index in [0.29, 0.717) is 10.7 Å². The Morgan fingerprint density at radius 1 is 1.31 bits per heavy atom. The average Bonchev–Trinajstić information content (AvgIpc) is 3.22. The van der Waals surface area contributed by atoms with Crippen LogP contribution in [-0.4, -0.2) is 40.2 Å². The maximum atomic E-state index is 13.4. The molecule has 2 aromatic heterocycles. The Morgan fingerprint density at radius 3 is 2.93 bits per heavy atom. The lowest BCUT2D eigenvalue weighted by atomic mass is 10.0. The van der Waals surface area contributed by atoms with Gasteiger partial charge < -0.3 is 10.2 Å². The molecule has 1 amide bonds. The highest BCUT2D eigenvalue weighted by Gasteiger charge is 2.21. The van der Waals surface area contributed by atoms with Crippen molar-refractivity contribution in [2.75, 3.05) is 28.6 Å². The summed E-state index contributed by atoms with van der Waals surface area (Å²) in [5.74, 6) is 0.244. The number of aryl methyl sites for hydroxylation is 1. The number of anilines is 3. The van der Waals surface area contributed by atoms with E-state index in [-0.39, 0.29) is 17.8 Å². The van der Waals surface area contributed by atoms with Crippen LogP contribution in [0, 0.1) is 12.7 Å². The van der Waals surface area contributed by atoms with E-state index >= 15 is 0 Å². The highest BCUT2D eigenvalue weighted by Crippen LogP contribution is 2.25. The van der Waals surface area contributed by atoms with E-state index < -0.39 is 0 Å². The molecule has 4 rings (SSSR count). The summed E-state index contributed by atoms with van der Waals surface area (Å²) in [5.41, 5.74) is 4.02. The van der Waals surface area contributed by atoms with Gasteiger partial charge in [-0.1, -0.05) is 11.3 Å². The molecule has 3 aromatic rings. The minimum Gasteiger partial charge on any atom is -0.369 e. The Labute approximate surface area is 172 Å². The summed E-state index contributed by atoms with van der Waals surface area (Å²) in [5, 5.41) is 14.1. The van der Waals surface area contributed by atoms with Crippen molar-refractivity contribution in [1.82, 2.24) is 15.2 Å². The number of nitrogens with one attached hydrogen (secondary N) is 2. The van der Waals surface area contributed by atoms with Crippen molar-refractivity contribution in [3.05, 3.63) is 59.0 Å². The van der Waals surface area contributed by atoms with Gasteiger partial charge in [-0.2, -0.15) is 0 Å². The Kier molecular flexibility index (Phi) is 5.66. The predicted octanol–water partition coefficient (Wildman–Crippen LogP) is 3.71. The first-order valence-corrected chi connectivity index (χ1v) is 10.3. The SMILES string of the molecule is Cc1cc(F)ccc1N1CCCC(Nc2ccc(C(=O)Nc3nncs3)cn2)C1. The molecule has 1 aromatic carbocycles. The number of amides is 1. The minimum absolute atomic E-state index is 0.211. The molecule has 3 heterocycles. The normalized spacial score (nSPS) is 16.5. The maximum absolute atomic E-state index is 13.4. The molecule has 2 N–H and O–H groups in total. The van der Waals surface area contributed by atoms with Gasteiger partial charge in [0.25, 0.3) is 5.91 Å². The van der Waals surface area contributed by atoms with Crippen LogP contribution < -0.4 is 15.5 Å². The fourth-order valence-electron chi connectivity index (χ4n) is 3.51. The van der Waals surface area contributed by atoms with Crippen LogP contribution in [0.4, 0.5) is 21.0 Å². The van der Waals surface area contributed by atoms with Gasteiger partial charge in [-0.15, -0.1) is 10.2 Å². The van der Waals surface area contributed by atoms with Crippen LogP contribution >= 0.6 is 11.3 Å². The molecule has 0 saturated carbocycles. The van der Waals surface area contributed by atoms with Gasteiger partial charge in [0, 0.05) is 31.0 Å². The number of hydrogen-bond donors (Lipinski definition) is 2. The van der Waals surface area contributed by atoms with Crippen LogP contribution in [0.15, 0.2) is 42.0 Å². The van der Waals surface area contributed by atoms with E-state index in [2.05, 4.69) is 30.7 Å². The van der Waals surface area contributed by atoms with Crippen molar-refractivity contribution in [3.63, 3.8) is 0 Å². The van der Waals surface area contributed by atoms with E-state index in [9.17, 15) is 9.18 Å². The van der Waals surface area contributed by atoms with E-state index in [0.717, 1.165) is 43.0 Å². The number of aromatic nitrogens is 3. The molecule has 1 aliphatic heterocycles. The van der Waals surface area contributed by atoms with Crippen molar-refractivity contribution in [2.24, 2.45) is 0 Å². The standard InChI is InChI=1S/C20H21FN6OS/c1-13-9-15(21)5-6-17(13)27-8-2-3-16(11-27)24-18-7-4-14(10-22-18)19(28)25-20-26-23-12-29-20/h4-7,9-10,12,16H,2-3,8,11H2,1H3,(H,22,24)(H,25,26,28). The fourth-order valence-corrected chi connectivity index (χ4v) is 3.95. The first-order valence-electron chi connectivity index (χ1n) is 9.40. The van der Waals surface area contributed by atoms with Gasteiger partial charge in [0.2, 0.25) is 5.13 Å². The molecule has 0 aliphatic carbocycles. The molecule has 1 unspecified atom stereocenters. The molecule has 1 fully saturated rings. The van der Waals surface area contributed by atoms with Gasteiger partial charge in [0.1, 0.15) is 17.1 Å². The van der Waals surface area contributed by atoms with Crippen LogP contribution in [0.1, 0.15) is 28.8 Å². The van der Waals surface area contributed by atoms with Crippen LogP contribution in [0.3, 0.4) is 0 Å². The van der Waals surface area contributed by atoms with Gasteiger partial charge in [-0.3, -0.25) is 10.1 Å². The lowest BCUT2D eigenvalue weighted by molar-refractivity contribution is 0.102. The molecule has 150 valence electrons. The summed E-state index contributed by atoms with van der Waals surface area (Å²) in [6, 6.07) is 8.68.